The molecule has 0 saturated heterocycles. The highest BCUT2D eigenvalue weighted by Crippen LogP contribution is 2.31. The first-order valence-electron chi connectivity index (χ1n) is 7.49. The Hall–Kier alpha value is -2.65. The van der Waals surface area contributed by atoms with E-state index in [2.05, 4.69) is 10.6 Å². The Balaban J connectivity index is 2.34. The highest BCUT2D eigenvalue weighted by Gasteiger charge is 2.17. The van der Waals surface area contributed by atoms with Gasteiger partial charge in [-0.1, -0.05) is 12.0 Å². The summed E-state index contributed by atoms with van der Waals surface area (Å²) < 4.78 is 38.6. The molecule has 5 nitrogen and oxygen atoms in total. The molecule has 1 N–H and O–H groups in total. The molecular weight excluding hydrogens is 326 g/mol. The summed E-state index contributed by atoms with van der Waals surface area (Å²) in [5.41, 5.74) is 0.995. The van der Waals surface area contributed by atoms with Crippen molar-refractivity contribution in [1.29, 1.82) is 0 Å². The summed E-state index contributed by atoms with van der Waals surface area (Å²) in [6.07, 6.45) is 5.33. The summed E-state index contributed by atoms with van der Waals surface area (Å²) in [6, 6.07) is 11.1. The van der Waals surface area contributed by atoms with Crippen LogP contribution in [0.2, 0.25) is 0 Å². The van der Waals surface area contributed by atoms with Gasteiger partial charge in [0.15, 0.2) is 11.5 Å². The van der Waals surface area contributed by atoms with E-state index in [1.54, 1.807) is 30.3 Å². The van der Waals surface area contributed by atoms with Gasteiger partial charge in [0, 0.05) is 11.6 Å². The summed E-state index contributed by atoms with van der Waals surface area (Å²) in [6.45, 7) is 4.53. The van der Waals surface area contributed by atoms with Crippen molar-refractivity contribution in [3.63, 3.8) is 0 Å². The second-order valence-corrected chi connectivity index (χ2v) is 6.49. The van der Waals surface area contributed by atoms with Crippen molar-refractivity contribution in [2.75, 3.05) is 17.9 Å². The van der Waals surface area contributed by atoms with Crippen molar-refractivity contribution in [2.45, 2.75) is 18.7 Å². The Morgan fingerprint density at radius 1 is 1.04 bits per heavy atom. The Morgan fingerprint density at radius 2 is 1.75 bits per heavy atom. The molecule has 0 aliphatic carbocycles. The number of nitrogens with one attached hydrogen (secondary N) is 1. The van der Waals surface area contributed by atoms with E-state index in [9.17, 15) is 8.42 Å². The monoisotopic (exact) mass is 345 g/mol. The van der Waals surface area contributed by atoms with E-state index in [1.165, 1.54) is 12.1 Å². The maximum Gasteiger partial charge on any atom is 0.262 e. The van der Waals surface area contributed by atoms with Crippen LogP contribution in [0.3, 0.4) is 0 Å². The number of anilines is 1. The number of rotatable bonds is 7. The molecule has 0 aliphatic heterocycles. The summed E-state index contributed by atoms with van der Waals surface area (Å²) in [7, 11) is -3.76. The minimum Gasteiger partial charge on any atom is -0.490 e. The maximum atomic E-state index is 12.6. The fourth-order valence-electron chi connectivity index (χ4n) is 2.09. The Morgan fingerprint density at radius 3 is 2.42 bits per heavy atom. The van der Waals surface area contributed by atoms with Crippen LogP contribution in [-0.4, -0.2) is 21.6 Å². The molecule has 2 aromatic carbocycles. The van der Waals surface area contributed by atoms with Gasteiger partial charge in [0.1, 0.15) is 0 Å². The molecular formula is C18H19NO4S. The highest BCUT2D eigenvalue weighted by molar-refractivity contribution is 7.92. The number of hydrogen-bond acceptors (Lipinski definition) is 4. The van der Waals surface area contributed by atoms with Gasteiger partial charge in [-0.3, -0.25) is 4.72 Å². The number of terminal acetylenes is 1. The average Bonchev–Trinajstić information content (AvgIpc) is 2.56. The normalized spacial score (nSPS) is 10.7. The third kappa shape index (κ3) is 4.21. The van der Waals surface area contributed by atoms with Crippen LogP contribution in [-0.2, 0) is 10.0 Å². The van der Waals surface area contributed by atoms with E-state index in [1.807, 2.05) is 13.8 Å². The molecule has 0 atom stereocenters. The van der Waals surface area contributed by atoms with Crippen LogP contribution >= 0.6 is 0 Å². The molecule has 2 aromatic rings. The van der Waals surface area contributed by atoms with Crippen molar-refractivity contribution < 1.29 is 17.9 Å². The van der Waals surface area contributed by atoms with Gasteiger partial charge in [0.05, 0.1) is 23.8 Å². The van der Waals surface area contributed by atoms with Crippen molar-refractivity contribution >= 4 is 15.7 Å². The molecule has 0 spiro atoms. The first kappa shape index (κ1) is 17.7. The first-order valence-corrected chi connectivity index (χ1v) is 8.97. The summed E-state index contributed by atoms with van der Waals surface area (Å²) >= 11 is 0. The van der Waals surface area contributed by atoms with E-state index in [4.69, 9.17) is 15.9 Å². The molecule has 24 heavy (non-hydrogen) atoms. The molecule has 0 heterocycles. The predicted molar refractivity (Wildman–Crippen MR) is 94.0 cm³/mol. The Bertz CT molecular complexity index is 854. The number of hydrogen-bond donors (Lipinski definition) is 1. The molecule has 0 aromatic heterocycles. The minimum atomic E-state index is -3.76. The van der Waals surface area contributed by atoms with E-state index in [0.717, 1.165) is 0 Å². The zero-order valence-corrected chi connectivity index (χ0v) is 14.4. The van der Waals surface area contributed by atoms with Gasteiger partial charge in [-0.25, -0.2) is 8.42 Å². The van der Waals surface area contributed by atoms with Crippen molar-refractivity contribution in [3.8, 4) is 23.8 Å². The van der Waals surface area contributed by atoms with Gasteiger partial charge >= 0.3 is 0 Å². The average molecular weight is 345 g/mol. The van der Waals surface area contributed by atoms with Gasteiger partial charge in [-0.2, -0.15) is 0 Å². The number of ether oxygens (including phenoxy) is 2. The lowest BCUT2D eigenvalue weighted by Crippen LogP contribution is -2.13. The molecule has 0 fully saturated rings. The molecule has 126 valence electrons. The summed E-state index contributed by atoms with van der Waals surface area (Å²) in [5, 5.41) is 0. The zero-order valence-electron chi connectivity index (χ0n) is 13.6. The lowest BCUT2D eigenvalue weighted by molar-refractivity contribution is 0.287. The number of sulfonamides is 1. The quantitative estimate of drug-likeness (QED) is 0.782. The van der Waals surface area contributed by atoms with Crippen LogP contribution in [0.5, 0.6) is 11.5 Å². The molecule has 0 saturated carbocycles. The Labute approximate surface area is 142 Å². The molecule has 0 unspecified atom stereocenters. The van der Waals surface area contributed by atoms with E-state index in [-0.39, 0.29) is 4.90 Å². The van der Waals surface area contributed by atoms with Gasteiger partial charge in [-0.15, -0.1) is 6.42 Å². The van der Waals surface area contributed by atoms with Crippen molar-refractivity contribution in [1.82, 2.24) is 0 Å². The topological polar surface area (TPSA) is 64.6 Å². The highest BCUT2D eigenvalue weighted by atomic mass is 32.2. The van der Waals surface area contributed by atoms with E-state index in [0.29, 0.717) is 36.0 Å². The van der Waals surface area contributed by atoms with Crippen LogP contribution in [0.25, 0.3) is 0 Å². The molecule has 0 amide bonds. The lowest BCUT2D eigenvalue weighted by Gasteiger charge is -2.13. The largest absolute Gasteiger partial charge is 0.490 e. The van der Waals surface area contributed by atoms with Crippen LogP contribution in [0, 0.1) is 12.3 Å². The fourth-order valence-corrected chi connectivity index (χ4v) is 3.15. The predicted octanol–water partition coefficient (Wildman–Crippen LogP) is 3.27. The van der Waals surface area contributed by atoms with Crippen LogP contribution < -0.4 is 14.2 Å². The van der Waals surface area contributed by atoms with Crippen LogP contribution in [0.4, 0.5) is 5.69 Å². The summed E-state index contributed by atoms with van der Waals surface area (Å²) in [5.74, 6) is 3.36. The van der Waals surface area contributed by atoms with E-state index < -0.39 is 10.0 Å². The molecule has 6 heteroatoms. The second kappa shape index (κ2) is 7.75. The fraction of sp³-hybridized carbons (Fsp3) is 0.222. The third-order valence-corrected chi connectivity index (χ3v) is 4.49. The second-order valence-electron chi connectivity index (χ2n) is 4.81. The third-order valence-electron chi connectivity index (χ3n) is 3.11. The lowest BCUT2D eigenvalue weighted by atomic mass is 10.2. The molecule has 0 bridgehead atoms. The maximum absolute atomic E-state index is 12.6. The SMILES string of the molecule is C#Cc1cccc(NS(=O)(=O)c2ccc(OCC)c(OCC)c2)c1. The Kier molecular flexibility index (Phi) is 5.72. The molecule has 0 aliphatic rings. The van der Waals surface area contributed by atoms with Gasteiger partial charge < -0.3 is 9.47 Å². The molecule has 2 rings (SSSR count). The number of benzene rings is 2. The summed E-state index contributed by atoms with van der Waals surface area (Å²) in [4.78, 5) is 0.0838. The molecule has 0 radical (unpaired) electrons. The van der Waals surface area contributed by atoms with Crippen molar-refractivity contribution in [2.24, 2.45) is 0 Å². The first-order chi connectivity index (χ1) is 11.5. The van der Waals surface area contributed by atoms with Crippen LogP contribution in [0.1, 0.15) is 19.4 Å². The van der Waals surface area contributed by atoms with Gasteiger partial charge in [-0.05, 0) is 44.2 Å². The smallest absolute Gasteiger partial charge is 0.262 e. The van der Waals surface area contributed by atoms with Gasteiger partial charge in [0.2, 0.25) is 0 Å². The van der Waals surface area contributed by atoms with Crippen molar-refractivity contribution in [3.05, 3.63) is 48.0 Å². The zero-order chi connectivity index (χ0) is 17.6. The standard InChI is InChI=1S/C18H19NO4S/c1-4-14-8-7-9-15(12-14)19-24(20,21)16-10-11-17(22-5-2)18(13-16)23-6-3/h1,7-13,19H,5-6H2,2-3H3. The van der Waals surface area contributed by atoms with Gasteiger partial charge in [0.25, 0.3) is 10.0 Å². The van der Waals surface area contributed by atoms with E-state index >= 15 is 0 Å². The minimum absolute atomic E-state index is 0.0838. The van der Waals surface area contributed by atoms with Crippen LogP contribution in [0.15, 0.2) is 47.4 Å².